The van der Waals surface area contributed by atoms with Gasteiger partial charge in [-0.1, -0.05) is 6.92 Å². The second kappa shape index (κ2) is 5.64. The SMILES string of the molecule is CC1CCN(C(=O)c2ccc3c(=O)n(C)c(=O)n(C)c3n2)CC1. The molecule has 1 amide bonds. The highest BCUT2D eigenvalue weighted by atomic mass is 16.2. The number of hydrogen-bond acceptors (Lipinski definition) is 4. The lowest BCUT2D eigenvalue weighted by Crippen LogP contribution is -2.39. The number of fused-ring (bicyclic) bond motifs is 1. The van der Waals surface area contributed by atoms with E-state index in [0.29, 0.717) is 11.3 Å². The molecule has 3 heterocycles. The molecule has 2 aromatic rings. The summed E-state index contributed by atoms with van der Waals surface area (Å²) in [4.78, 5) is 42.8. The van der Waals surface area contributed by atoms with Crippen LogP contribution in [0.2, 0.25) is 0 Å². The number of piperidine rings is 1. The first-order valence-electron chi connectivity index (χ1n) is 7.76. The molecule has 0 saturated carbocycles. The molecule has 0 bridgehead atoms. The Morgan fingerprint density at radius 1 is 1.13 bits per heavy atom. The lowest BCUT2D eigenvalue weighted by Gasteiger charge is -2.30. The summed E-state index contributed by atoms with van der Waals surface area (Å²) in [5.41, 5.74) is -0.336. The van der Waals surface area contributed by atoms with Gasteiger partial charge in [0.15, 0.2) is 0 Å². The molecule has 1 fully saturated rings. The van der Waals surface area contributed by atoms with Crippen LogP contribution in [0.5, 0.6) is 0 Å². The summed E-state index contributed by atoms with van der Waals surface area (Å²) in [6.07, 6.45) is 1.97. The Bertz CT molecular complexity index is 889. The van der Waals surface area contributed by atoms with Crippen LogP contribution in [0.15, 0.2) is 21.7 Å². The zero-order chi connectivity index (χ0) is 16.7. The third kappa shape index (κ3) is 2.56. The average Bonchev–Trinajstić information content (AvgIpc) is 2.57. The highest BCUT2D eigenvalue weighted by molar-refractivity contribution is 5.94. The van der Waals surface area contributed by atoms with E-state index in [1.807, 2.05) is 0 Å². The summed E-state index contributed by atoms with van der Waals surface area (Å²) in [6, 6.07) is 3.14. The fourth-order valence-electron chi connectivity index (χ4n) is 2.95. The van der Waals surface area contributed by atoms with Crippen molar-refractivity contribution < 1.29 is 4.79 Å². The zero-order valence-electron chi connectivity index (χ0n) is 13.6. The number of hydrogen-bond donors (Lipinski definition) is 0. The van der Waals surface area contributed by atoms with Gasteiger partial charge in [0, 0.05) is 27.2 Å². The lowest BCUT2D eigenvalue weighted by atomic mass is 9.99. The van der Waals surface area contributed by atoms with Crippen molar-refractivity contribution in [2.45, 2.75) is 19.8 Å². The minimum Gasteiger partial charge on any atom is -0.337 e. The number of aromatic nitrogens is 3. The van der Waals surface area contributed by atoms with Gasteiger partial charge in [0.05, 0.1) is 5.39 Å². The summed E-state index contributed by atoms with van der Waals surface area (Å²) in [7, 11) is 2.98. The van der Waals surface area contributed by atoms with Crippen molar-refractivity contribution in [1.29, 1.82) is 0 Å². The predicted molar refractivity (Wildman–Crippen MR) is 86.5 cm³/mol. The van der Waals surface area contributed by atoms with E-state index < -0.39 is 11.2 Å². The molecule has 0 N–H and O–H groups in total. The minimum absolute atomic E-state index is 0.146. The van der Waals surface area contributed by atoms with Crippen LogP contribution in [0.4, 0.5) is 0 Å². The lowest BCUT2D eigenvalue weighted by molar-refractivity contribution is 0.0691. The Kier molecular flexibility index (Phi) is 3.79. The van der Waals surface area contributed by atoms with Gasteiger partial charge in [-0.15, -0.1) is 0 Å². The van der Waals surface area contributed by atoms with E-state index in [2.05, 4.69) is 11.9 Å². The van der Waals surface area contributed by atoms with Gasteiger partial charge in [-0.3, -0.25) is 18.7 Å². The molecule has 1 aliphatic rings. The van der Waals surface area contributed by atoms with Crippen molar-refractivity contribution in [3.8, 4) is 0 Å². The molecule has 7 nitrogen and oxygen atoms in total. The first-order valence-corrected chi connectivity index (χ1v) is 7.76. The molecule has 7 heteroatoms. The van der Waals surface area contributed by atoms with Gasteiger partial charge >= 0.3 is 5.69 Å². The Labute approximate surface area is 133 Å². The zero-order valence-corrected chi connectivity index (χ0v) is 13.6. The normalized spacial score (nSPS) is 16.0. The molecule has 2 aromatic heterocycles. The number of amides is 1. The van der Waals surface area contributed by atoms with Gasteiger partial charge in [0.25, 0.3) is 11.5 Å². The van der Waals surface area contributed by atoms with Crippen molar-refractivity contribution >= 4 is 16.9 Å². The fraction of sp³-hybridized carbons (Fsp3) is 0.500. The number of nitrogens with zero attached hydrogens (tertiary/aromatic N) is 4. The second-order valence-electron chi connectivity index (χ2n) is 6.25. The largest absolute Gasteiger partial charge is 0.337 e. The summed E-state index contributed by atoms with van der Waals surface area (Å²) >= 11 is 0. The summed E-state index contributed by atoms with van der Waals surface area (Å²) in [6.45, 7) is 3.62. The number of rotatable bonds is 1. The van der Waals surface area contributed by atoms with Gasteiger partial charge in [0.2, 0.25) is 0 Å². The van der Waals surface area contributed by atoms with E-state index in [9.17, 15) is 14.4 Å². The van der Waals surface area contributed by atoms with Gasteiger partial charge in [-0.05, 0) is 30.9 Å². The Morgan fingerprint density at radius 2 is 1.78 bits per heavy atom. The van der Waals surface area contributed by atoms with Crippen LogP contribution >= 0.6 is 0 Å². The van der Waals surface area contributed by atoms with E-state index >= 15 is 0 Å². The highest BCUT2D eigenvalue weighted by Gasteiger charge is 2.23. The fourth-order valence-corrected chi connectivity index (χ4v) is 2.95. The number of aryl methyl sites for hydroxylation is 1. The maximum atomic E-state index is 12.6. The summed E-state index contributed by atoms with van der Waals surface area (Å²) in [5.74, 6) is 0.486. The van der Waals surface area contributed by atoms with Gasteiger partial charge < -0.3 is 4.90 Å². The van der Waals surface area contributed by atoms with E-state index in [0.717, 1.165) is 30.5 Å². The number of pyridine rings is 1. The predicted octanol–water partition coefficient (Wildman–Crippen LogP) is 0.504. The van der Waals surface area contributed by atoms with Gasteiger partial charge in [-0.25, -0.2) is 9.78 Å². The molecule has 0 radical (unpaired) electrons. The Hall–Kier alpha value is -2.44. The van der Waals surface area contributed by atoms with Gasteiger partial charge in [-0.2, -0.15) is 0 Å². The van der Waals surface area contributed by atoms with E-state index in [-0.39, 0.29) is 17.2 Å². The second-order valence-corrected chi connectivity index (χ2v) is 6.25. The van der Waals surface area contributed by atoms with E-state index in [1.54, 1.807) is 24.1 Å². The molecule has 3 rings (SSSR count). The molecular weight excluding hydrogens is 296 g/mol. The van der Waals surface area contributed by atoms with Crippen molar-refractivity contribution in [2.75, 3.05) is 13.1 Å². The molecule has 1 saturated heterocycles. The summed E-state index contributed by atoms with van der Waals surface area (Å²) in [5, 5.41) is 0.332. The molecule has 0 aromatic carbocycles. The third-order valence-electron chi connectivity index (χ3n) is 4.59. The first-order chi connectivity index (χ1) is 10.9. The van der Waals surface area contributed by atoms with Crippen molar-refractivity contribution in [1.82, 2.24) is 19.0 Å². The smallest absolute Gasteiger partial charge is 0.332 e. The van der Waals surface area contributed by atoms with Crippen LogP contribution < -0.4 is 11.2 Å². The molecule has 0 atom stereocenters. The molecule has 23 heavy (non-hydrogen) atoms. The molecule has 0 spiro atoms. The van der Waals surface area contributed by atoms with Crippen LogP contribution in [0, 0.1) is 5.92 Å². The van der Waals surface area contributed by atoms with Crippen LogP contribution in [-0.2, 0) is 14.1 Å². The van der Waals surface area contributed by atoms with Crippen LogP contribution in [0.3, 0.4) is 0 Å². The van der Waals surface area contributed by atoms with Crippen molar-refractivity contribution in [2.24, 2.45) is 20.0 Å². The number of carbonyl (C=O) groups excluding carboxylic acids is 1. The van der Waals surface area contributed by atoms with Crippen LogP contribution in [-0.4, -0.2) is 38.0 Å². The van der Waals surface area contributed by atoms with Crippen molar-refractivity contribution in [3.63, 3.8) is 0 Å². The first kappa shape index (κ1) is 15.5. The highest BCUT2D eigenvalue weighted by Crippen LogP contribution is 2.18. The van der Waals surface area contributed by atoms with Crippen molar-refractivity contribution in [3.05, 3.63) is 38.7 Å². The number of likely N-dealkylation sites (tertiary alicyclic amines) is 1. The monoisotopic (exact) mass is 316 g/mol. The number of carbonyl (C=O) groups is 1. The van der Waals surface area contributed by atoms with Crippen LogP contribution in [0.25, 0.3) is 11.0 Å². The minimum atomic E-state index is -0.452. The summed E-state index contributed by atoms with van der Waals surface area (Å²) < 4.78 is 2.34. The Morgan fingerprint density at radius 3 is 2.43 bits per heavy atom. The van der Waals surface area contributed by atoms with Crippen LogP contribution in [0.1, 0.15) is 30.3 Å². The molecular formula is C16H20N4O3. The van der Waals surface area contributed by atoms with Gasteiger partial charge in [0.1, 0.15) is 11.3 Å². The topological polar surface area (TPSA) is 77.2 Å². The van der Waals surface area contributed by atoms with E-state index in [1.165, 1.54) is 11.6 Å². The standard InChI is InChI=1S/C16H20N4O3/c1-10-6-8-20(9-7-10)15(22)12-5-4-11-13(17-12)18(2)16(23)19(3)14(11)21/h4-5,10H,6-9H2,1-3H3. The molecule has 0 aliphatic carbocycles. The maximum Gasteiger partial charge on any atom is 0.332 e. The average molecular weight is 316 g/mol. The molecule has 1 aliphatic heterocycles. The third-order valence-corrected chi connectivity index (χ3v) is 4.59. The van der Waals surface area contributed by atoms with E-state index in [4.69, 9.17) is 0 Å². The maximum absolute atomic E-state index is 12.6. The quantitative estimate of drug-likeness (QED) is 0.768. The molecule has 122 valence electrons. The Balaban J connectivity index is 2.05. The molecule has 0 unspecified atom stereocenters.